The molecule has 0 aromatic heterocycles. The van der Waals surface area contributed by atoms with Crippen molar-refractivity contribution in [3.8, 4) is 0 Å². The van der Waals surface area contributed by atoms with Gasteiger partial charge in [0.05, 0.1) is 6.10 Å². The minimum absolute atomic E-state index is 0.202. The highest BCUT2D eigenvalue weighted by Crippen LogP contribution is 2.44. The quantitative estimate of drug-likeness (QED) is 0.775. The minimum Gasteiger partial charge on any atom is -0.393 e. The highest BCUT2D eigenvalue weighted by molar-refractivity contribution is 5.33. The highest BCUT2D eigenvalue weighted by Gasteiger charge is 2.45. The SMILES string of the molecule is Cc1ccc(C2(CN)CC(O)C2)c(F)c1. The van der Waals surface area contributed by atoms with E-state index in [0.29, 0.717) is 24.9 Å². The first kappa shape index (κ1) is 10.6. The maximum atomic E-state index is 13.7. The number of aliphatic hydroxyl groups is 1. The van der Waals surface area contributed by atoms with Crippen LogP contribution in [0.15, 0.2) is 18.2 Å². The fourth-order valence-electron chi connectivity index (χ4n) is 2.39. The van der Waals surface area contributed by atoms with E-state index in [1.165, 1.54) is 6.07 Å². The average Bonchev–Trinajstić information content (AvgIpc) is 2.13. The van der Waals surface area contributed by atoms with E-state index < -0.39 is 0 Å². The van der Waals surface area contributed by atoms with Crippen LogP contribution in [-0.4, -0.2) is 17.8 Å². The first-order chi connectivity index (χ1) is 7.07. The number of halogens is 1. The van der Waals surface area contributed by atoms with E-state index in [9.17, 15) is 9.50 Å². The number of benzene rings is 1. The van der Waals surface area contributed by atoms with E-state index in [2.05, 4.69) is 0 Å². The highest BCUT2D eigenvalue weighted by atomic mass is 19.1. The molecule has 0 atom stereocenters. The minimum atomic E-state index is -0.336. The molecular weight excluding hydrogens is 193 g/mol. The normalized spacial score (nSPS) is 30.0. The van der Waals surface area contributed by atoms with Crippen LogP contribution in [0.1, 0.15) is 24.0 Å². The summed E-state index contributed by atoms with van der Waals surface area (Å²) in [6.45, 7) is 2.25. The second-order valence-electron chi connectivity index (χ2n) is 4.53. The standard InChI is InChI=1S/C12H16FNO/c1-8-2-3-10(11(13)4-8)12(7-14)5-9(15)6-12/h2-4,9,15H,5-7,14H2,1H3. The van der Waals surface area contributed by atoms with Crippen molar-refractivity contribution < 1.29 is 9.50 Å². The van der Waals surface area contributed by atoms with Crippen molar-refractivity contribution in [2.45, 2.75) is 31.3 Å². The molecule has 0 aliphatic heterocycles. The van der Waals surface area contributed by atoms with E-state index in [-0.39, 0.29) is 17.3 Å². The van der Waals surface area contributed by atoms with Gasteiger partial charge in [0.25, 0.3) is 0 Å². The first-order valence-corrected chi connectivity index (χ1v) is 5.22. The Hall–Kier alpha value is -0.930. The Bertz CT molecular complexity index is 372. The molecule has 0 saturated heterocycles. The molecule has 0 spiro atoms. The van der Waals surface area contributed by atoms with Crippen molar-refractivity contribution in [1.29, 1.82) is 0 Å². The lowest BCUT2D eigenvalue weighted by molar-refractivity contribution is 0.0205. The van der Waals surface area contributed by atoms with E-state index in [4.69, 9.17) is 5.73 Å². The fourth-order valence-corrected chi connectivity index (χ4v) is 2.39. The maximum absolute atomic E-state index is 13.7. The Kier molecular flexibility index (Phi) is 2.52. The Morgan fingerprint density at radius 1 is 1.53 bits per heavy atom. The number of rotatable bonds is 2. The summed E-state index contributed by atoms with van der Waals surface area (Å²) in [5, 5.41) is 9.34. The van der Waals surface area contributed by atoms with Gasteiger partial charge in [-0.1, -0.05) is 12.1 Å². The molecule has 1 aromatic carbocycles. The van der Waals surface area contributed by atoms with Crippen LogP contribution in [0.5, 0.6) is 0 Å². The summed E-state index contributed by atoms with van der Waals surface area (Å²) < 4.78 is 13.7. The predicted molar refractivity (Wildman–Crippen MR) is 57.1 cm³/mol. The first-order valence-electron chi connectivity index (χ1n) is 5.22. The largest absolute Gasteiger partial charge is 0.393 e. The lowest BCUT2D eigenvalue weighted by atomic mass is 9.62. The Labute approximate surface area is 88.9 Å². The third-order valence-corrected chi connectivity index (χ3v) is 3.34. The number of nitrogens with two attached hydrogens (primary N) is 1. The summed E-state index contributed by atoms with van der Waals surface area (Å²) in [7, 11) is 0. The van der Waals surface area contributed by atoms with Crippen LogP contribution in [0, 0.1) is 12.7 Å². The molecule has 0 heterocycles. The summed E-state index contributed by atoms with van der Waals surface area (Å²) in [4.78, 5) is 0. The molecule has 3 heteroatoms. The zero-order chi connectivity index (χ0) is 11.1. The van der Waals surface area contributed by atoms with Gasteiger partial charge in [0.1, 0.15) is 5.82 Å². The Morgan fingerprint density at radius 3 is 2.67 bits per heavy atom. The topological polar surface area (TPSA) is 46.2 Å². The zero-order valence-corrected chi connectivity index (χ0v) is 8.83. The summed E-state index contributed by atoms with van der Waals surface area (Å²) in [6, 6.07) is 5.21. The van der Waals surface area contributed by atoms with Crippen molar-refractivity contribution in [3.05, 3.63) is 35.1 Å². The lowest BCUT2D eigenvalue weighted by Gasteiger charge is -2.45. The predicted octanol–water partition coefficient (Wildman–Crippen LogP) is 1.49. The Balaban J connectivity index is 2.36. The molecule has 0 unspecified atom stereocenters. The molecule has 1 fully saturated rings. The summed E-state index contributed by atoms with van der Waals surface area (Å²) in [5.74, 6) is -0.202. The molecule has 3 N–H and O–H groups in total. The van der Waals surface area contributed by atoms with Crippen molar-refractivity contribution in [1.82, 2.24) is 0 Å². The van der Waals surface area contributed by atoms with E-state index in [0.717, 1.165) is 5.56 Å². The zero-order valence-electron chi connectivity index (χ0n) is 8.83. The molecule has 1 aliphatic rings. The van der Waals surface area contributed by atoms with Crippen molar-refractivity contribution in [2.75, 3.05) is 6.54 Å². The van der Waals surface area contributed by atoms with Gasteiger partial charge in [-0.05, 0) is 37.0 Å². The smallest absolute Gasteiger partial charge is 0.127 e. The molecule has 1 aliphatic carbocycles. The van der Waals surface area contributed by atoms with Gasteiger partial charge in [-0.3, -0.25) is 0 Å². The van der Waals surface area contributed by atoms with Gasteiger partial charge in [0, 0.05) is 12.0 Å². The maximum Gasteiger partial charge on any atom is 0.127 e. The molecule has 0 amide bonds. The number of hydrogen-bond acceptors (Lipinski definition) is 2. The summed E-state index contributed by atoms with van der Waals surface area (Å²) >= 11 is 0. The van der Waals surface area contributed by atoms with Gasteiger partial charge in [0.15, 0.2) is 0 Å². The van der Waals surface area contributed by atoms with Gasteiger partial charge >= 0.3 is 0 Å². The van der Waals surface area contributed by atoms with Gasteiger partial charge in [-0.25, -0.2) is 4.39 Å². The van der Waals surface area contributed by atoms with Crippen LogP contribution in [0.3, 0.4) is 0 Å². The van der Waals surface area contributed by atoms with Crippen LogP contribution in [-0.2, 0) is 5.41 Å². The molecule has 15 heavy (non-hydrogen) atoms. The van der Waals surface area contributed by atoms with Gasteiger partial charge < -0.3 is 10.8 Å². The van der Waals surface area contributed by atoms with E-state index in [1.54, 1.807) is 6.07 Å². The lowest BCUT2D eigenvalue weighted by Crippen LogP contribution is -2.50. The van der Waals surface area contributed by atoms with E-state index in [1.807, 2.05) is 13.0 Å². The fraction of sp³-hybridized carbons (Fsp3) is 0.500. The molecule has 2 rings (SSSR count). The van der Waals surface area contributed by atoms with Gasteiger partial charge in [-0.15, -0.1) is 0 Å². The molecule has 2 nitrogen and oxygen atoms in total. The number of hydrogen-bond donors (Lipinski definition) is 2. The monoisotopic (exact) mass is 209 g/mol. The molecule has 82 valence electrons. The van der Waals surface area contributed by atoms with Crippen LogP contribution in [0.2, 0.25) is 0 Å². The van der Waals surface area contributed by atoms with Crippen molar-refractivity contribution in [2.24, 2.45) is 5.73 Å². The van der Waals surface area contributed by atoms with Gasteiger partial charge in [-0.2, -0.15) is 0 Å². The summed E-state index contributed by atoms with van der Waals surface area (Å²) in [5.41, 5.74) is 6.92. The Morgan fingerprint density at radius 2 is 2.20 bits per heavy atom. The second kappa shape index (κ2) is 3.58. The van der Waals surface area contributed by atoms with Crippen molar-refractivity contribution >= 4 is 0 Å². The average molecular weight is 209 g/mol. The van der Waals surface area contributed by atoms with Crippen LogP contribution >= 0.6 is 0 Å². The number of aliphatic hydroxyl groups excluding tert-OH is 1. The van der Waals surface area contributed by atoms with Crippen LogP contribution < -0.4 is 5.73 Å². The van der Waals surface area contributed by atoms with Crippen LogP contribution in [0.25, 0.3) is 0 Å². The third kappa shape index (κ3) is 1.66. The van der Waals surface area contributed by atoms with Crippen molar-refractivity contribution in [3.63, 3.8) is 0 Å². The second-order valence-corrected chi connectivity index (χ2v) is 4.53. The molecular formula is C12H16FNO. The number of aryl methyl sites for hydroxylation is 1. The van der Waals surface area contributed by atoms with Crippen LogP contribution in [0.4, 0.5) is 4.39 Å². The summed E-state index contributed by atoms with van der Waals surface area (Å²) in [6.07, 6.45) is 0.821. The third-order valence-electron chi connectivity index (χ3n) is 3.34. The molecule has 1 saturated carbocycles. The molecule has 1 aromatic rings. The van der Waals surface area contributed by atoms with Gasteiger partial charge in [0.2, 0.25) is 0 Å². The molecule has 0 bridgehead atoms. The molecule has 0 radical (unpaired) electrons. The van der Waals surface area contributed by atoms with E-state index >= 15 is 0 Å².